The highest BCUT2D eigenvalue weighted by molar-refractivity contribution is 7.57. The number of aliphatic hydroxyl groups excluding tert-OH is 2. The van der Waals surface area contributed by atoms with Crippen LogP contribution in [-0.2, 0) is 0 Å². The van der Waals surface area contributed by atoms with Crippen LogP contribution >= 0.6 is 7.92 Å². The van der Waals surface area contributed by atoms with E-state index in [1.165, 1.54) is 37.7 Å². The van der Waals surface area contributed by atoms with Gasteiger partial charge in [0.05, 0.1) is 0 Å². The second-order valence-electron chi connectivity index (χ2n) is 3.70. The maximum absolute atomic E-state index is 8.70. The van der Waals surface area contributed by atoms with Crippen LogP contribution in [0.25, 0.3) is 0 Å². The molecule has 2 N–H and O–H groups in total. The number of hydrogen-bond donors (Lipinski definition) is 2. The molecular formula is C11H25O2P. The summed E-state index contributed by atoms with van der Waals surface area (Å²) in [5.41, 5.74) is 0. The van der Waals surface area contributed by atoms with E-state index in [1.54, 1.807) is 0 Å². The van der Waals surface area contributed by atoms with E-state index < -0.39 is 0 Å². The lowest BCUT2D eigenvalue weighted by atomic mass is 10.4. The minimum atomic E-state index is 0.194. The molecule has 0 aromatic rings. The van der Waals surface area contributed by atoms with Crippen molar-refractivity contribution in [3.8, 4) is 0 Å². The molecule has 0 rings (SSSR count). The molecule has 0 aliphatic carbocycles. The largest absolute Gasteiger partial charge is 0.396 e. The van der Waals surface area contributed by atoms with E-state index in [1.807, 2.05) is 0 Å². The van der Waals surface area contributed by atoms with Crippen LogP contribution in [-0.4, -0.2) is 41.9 Å². The van der Waals surface area contributed by atoms with Crippen LogP contribution in [0.5, 0.6) is 0 Å². The summed E-state index contributed by atoms with van der Waals surface area (Å²) in [4.78, 5) is 0. The third kappa shape index (κ3) is 8.93. The van der Waals surface area contributed by atoms with Crippen molar-refractivity contribution in [2.75, 3.05) is 31.7 Å². The average Bonchev–Trinajstić information content (AvgIpc) is 2.18. The third-order valence-corrected chi connectivity index (χ3v) is 5.28. The van der Waals surface area contributed by atoms with Gasteiger partial charge in [0, 0.05) is 13.2 Å². The standard InChI is InChI=1S/C11H25O2P/c1-2-9-14(10-5-3-7-12)11-6-4-8-13/h12-13H,2-11H2,1H3. The molecule has 0 spiro atoms. The van der Waals surface area contributed by atoms with Crippen LogP contribution in [0.3, 0.4) is 0 Å². The van der Waals surface area contributed by atoms with Crippen molar-refractivity contribution in [2.24, 2.45) is 0 Å². The lowest BCUT2D eigenvalue weighted by Crippen LogP contribution is -1.97. The van der Waals surface area contributed by atoms with Gasteiger partial charge in [-0.1, -0.05) is 13.3 Å². The lowest BCUT2D eigenvalue weighted by molar-refractivity contribution is 0.287. The third-order valence-electron chi connectivity index (χ3n) is 2.30. The topological polar surface area (TPSA) is 40.5 Å². The number of rotatable bonds is 10. The molecule has 0 amide bonds. The summed E-state index contributed by atoms with van der Waals surface area (Å²) in [6.07, 6.45) is 9.56. The van der Waals surface area contributed by atoms with Gasteiger partial charge in [-0.05, 0) is 44.2 Å². The van der Waals surface area contributed by atoms with Gasteiger partial charge in [0.2, 0.25) is 0 Å². The van der Waals surface area contributed by atoms with Crippen molar-refractivity contribution in [1.29, 1.82) is 0 Å². The molecule has 0 aliphatic rings. The molecule has 0 saturated carbocycles. The Bertz CT molecular complexity index is 99.5. The highest BCUT2D eigenvalue weighted by atomic mass is 31.1. The fourth-order valence-corrected chi connectivity index (χ4v) is 4.19. The predicted octanol–water partition coefficient (Wildman–Crippen LogP) is 2.42. The van der Waals surface area contributed by atoms with Crippen LogP contribution in [0.2, 0.25) is 0 Å². The molecule has 0 heterocycles. The maximum atomic E-state index is 8.70. The van der Waals surface area contributed by atoms with Gasteiger partial charge in [0.25, 0.3) is 0 Å². The monoisotopic (exact) mass is 220 g/mol. The van der Waals surface area contributed by atoms with Crippen LogP contribution in [0.4, 0.5) is 0 Å². The van der Waals surface area contributed by atoms with Crippen LogP contribution in [0.1, 0.15) is 39.0 Å². The maximum Gasteiger partial charge on any atom is 0.0431 e. The van der Waals surface area contributed by atoms with E-state index in [4.69, 9.17) is 10.2 Å². The minimum absolute atomic E-state index is 0.194. The van der Waals surface area contributed by atoms with Crippen molar-refractivity contribution in [2.45, 2.75) is 39.0 Å². The predicted molar refractivity (Wildman–Crippen MR) is 64.5 cm³/mol. The van der Waals surface area contributed by atoms with Crippen molar-refractivity contribution in [3.63, 3.8) is 0 Å². The van der Waals surface area contributed by atoms with Gasteiger partial charge in [-0.2, -0.15) is 0 Å². The lowest BCUT2D eigenvalue weighted by Gasteiger charge is -2.16. The van der Waals surface area contributed by atoms with Crippen molar-refractivity contribution in [1.82, 2.24) is 0 Å². The number of hydrogen-bond acceptors (Lipinski definition) is 2. The molecule has 86 valence electrons. The highest BCUT2D eigenvalue weighted by Crippen LogP contribution is 2.38. The summed E-state index contributed by atoms with van der Waals surface area (Å²) in [6, 6.07) is 0. The first-order chi connectivity index (χ1) is 6.85. The summed E-state index contributed by atoms with van der Waals surface area (Å²) >= 11 is 0. The normalized spacial score (nSPS) is 11.1. The van der Waals surface area contributed by atoms with Crippen LogP contribution in [0.15, 0.2) is 0 Å². The minimum Gasteiger partial charge on any atom is -0.396 e. The fraction of sp³-hybridized carbons (Fsp3) is 1.00. The van der Waals surface area contributed by atoms with Crippen LogP contribution < -0.4 is 0 Å². The molecule has 0 atom stereocenters. The molecular weight excluding hydrogens is 195 g/mol. The molecule has 0 bridgehead atoms. The zero-order chi connectivity index (χ0) is 10.6. The molecule has 0 aromatic carbocycles. The molecule has 0 unspecified atom stereocenters. The fourth-order valence-electron chi connectivity index (χ4n) is 1.55. The Hall–Kier alpha value is 0.350. The van der Waals surface area contributed by atoms with Gasteiger partial charge in [-0.3, -0.25) is 0 Å². The Kier molecular flexibility index (Phi) is 11.7. The summed E-state index contributed by atoms with van der Waals surface area (Å²) in [6.45, 7) is 2.92. The first kappa shape index (κ1) is 14.3. The first-order valence-electron chi connectivity index (χ1n) is 5.79. The van der Waals surface area contributed by atoms with Gasteiger partial charge in [-0.25, -0.2) is 0 Å². The van der Waals surface area contributed by atoms with Crippen molar-refractivity contribution >= 4 is 7.92 Å². The molecule has 14 heavy (non-hydrogen) atoms. The van der Waals surface area contributed by atoms with E-state index in [0.29, 0.717) is 13.2 Å². The van der Waals surface area contributed by atoms with E-state index in [0.717, 1.165) is 12.8 Å². The molecule has 0 saturated heterocycles. The van der Waals surface area contributed by atoms with E-state index in [-0.39, 0.29) is 7.92 Å². The van der Waals surface area contributed by atoms with E-state index in [2.05, 4.69) is 6.92 Å². The molecule has 0 aromatic heterocycles. The summed E-state index contributed by atoms with van der Waals surface area (Å²) in [5, 5.41) is 17.4. The average molecular weight is 220 g/mol. The quantitative estimate of drug-likeness (QED) is 0.438. The second-order valence-corrected chi connectivity index (χ2v) is 6.39. The molecule has 2 nitrogen and oxygen atoms in total. The summed E-state index contributed by atoms with van der Waals surface area (Å²) < 4.78 is 0. The Morgan fingerprint density at radius 2 is 1.29 bits per heavy atom. The zero-order valence-electron chi connectivity index (χ0n) is 9.41. The Morgan fingerprint density at radius 1 is 0.786 bits per heavy atom. The second kappa shape index (κ2) is 11.4. The zero-order valence-corrected chi connectivity index (χ0v) is 10.3. The van der Waals surface area contributed by atoms with Crippen molar-refractivity contribution in [3.05, 3.63) is 0 Å². The Morgan fingerprint density at radius 3 is 1.64 bits per heavy atom. The van der Waals surface area contributed by atoms with Gasteiger partial charge in [-0.15, -0.1) is 7.92 Å². The summed E-state index contributed by atoms with van der Waals surface area (Å²) in [7, 11) is 0.194. The Balaban J connectivity index is 3.44. The van der Waals surface area contributed by atoms with Crippen molar-refractivity contribution < 1.29 is 10.2 Å². The highest BCUT2D eigenvalue weighted by Gasteiger charge is 2.05. The number of aliphatic hydroxyl groups is 2. The molecule has 0 fully saturated rings. The Labute approximate surface area is 89.5 Å². The van der Waals surface area contributed by atoms with E-state index >= 15 is 0 Å². The van der Waals surface area contributed by atoms with Gasteiger partial charge in [0.15, 0.2) is 0 Å². The summed E-state index contributed by atoms with van der Waals surface area (Å²) in [5.74, 6) is 0. The smallest absolute Gasteiger partial charge is 0.0431 e. The first-order valence-corrected chi connectivity index (χ1v) is 7.69. The number of unbranched alkanes of at least 4 members (excludes halogenated alkanes) is 2. The molecule has 3 heteroatoms. The van der Waals surface area contributed by atoms with Gasteiger partial charge >= 0.3 is 0 Å². The van der Waals surface area contributed by atoms with Gasteiger partial charge < -0.3 is 10.2 Å². The molecule has 0 aliphatic heterocycles. The van der Waals surface area contributed by atoms with Crippen LogP contribution in [0, 0.1) is 0 Å². The van der Waals surface area contributed by atoms with Gasteiger partial charge in [0.1, 0.15) is 0 Å². The van der Waals surface area contributed by atoms with E-state index in [9.17, 15) is 0 Å². The SMILES string of the molecule is CCCP(CCCCO)CCCCO. The molecule has 0 radical (unpaired) electrons.